The van der Waals surface area contributed by atoms with Gasteiger partial charge in [0, 0.05) is 11.1 Å². The number of carboxylic acid groups (broad SMARTS) is 1. The second-order valence-electron chi connectivity index (χ2n) is 6.89. The lowest BCUT2D eigenvalue weighted by Gasteiger charge is -2.17. The van der Waals surface area contributed by atoms with Crippen molar-refractivity contribution in [3.63, 3.8) is 0 Å². The summed E-state index contributed by atoms with van der Waals surface area (Å²) in [5.74, 6) is 0.0347. The highest BCUT2D eigenvalue weighted by molar-refractivity contribution is 5.83. The molecule has 1 aromatic carbocycles. The lowest BCUT2D eigenvalue weighted by molar-refractivity contribution is -0.717. The standard InChI is InChI=1S/C19H26N2O2/c1-12(2)15-8-7-9-16(13(3)4)17(15)21-11-10-20(14(5)6)18(21)19(22)23/h7-14H,1-6H3/p+1. The Kier molecular flexibility index (Phi) is 4.93. The van der Waals surface area contributed by atoms with Gasteiger partial charge in [0.15, 0.2) is 0 Å². The van der Waals surface area contributed by atoms with Crippen LogP contribution in [0.4, 0.5) is 0 Å². The van der Waals surface area contributed by atoms with Crippen LogP contribution in [0.15, 0.2) is 30.6 Å². The Morgan fingerprint density at radius 3 is 1.96 bits per heavy atom. The van der Waals surface area contributed by atoms with Crippen molar-refractivity contribution in [2.24, 2.45) is 0 Å². The molecule has 0 saturated heterocycles. The number of nitrogens with zero attached hydrogens (tertiary/aromatic N) is 2. The number of imidazole rings is 1. The second kappa shape index (κ2) is 6.57. The van der Waals surface area contributed by atoms with E-state index in [1.165, 1.54) is 11.1 Å². The van der Waals surface area contributed by atoms with E-state index in [1.807, 2.05) is 35.4 Å². The highest BCUT2D eigenvalue weighted by Gasteiger charge is 2.31. The Morgan fingerprint density at radius 1 is 1.04 bits per heavy atom. The van der Waals surface area contributed by atoms with E-state index in [0.29, 0.717) is 17.7 Å². The van der Waals surface area contributed by atoms with Crippen LogP contribution in [0.3, 0.4) is 0 Å². The van der Waals surface area contributed by atoms with Gasteiger partial charge in [-0.25, -0.2) is 9.36 Å². The van der Waals surface area contributed by atoms with Crippen LogP contribution in [0.25, 0.3) is 5.69 Å². The zero-order valence-corrected chi connectivity index (χ0v) is 14.9. The molecule has 4 nitrogen and oxygen atoms in total. The monoisotopic (exact) mass is 315 g/mol. The summed E-state index contributed by atoms with van der Waals surface area (Å²) in [7, 11) is 0. The van der Waals surface area contributed by atoms with Crippen LogP contribution in [0.1, 0.15) is 81.2 Å². The third-order valence-corrected chi connectivity index (χ3v) is 4.18. The molecule has 0 saturated carbocycles. The number of rotatable bonds is 5. The molecule has 124 valence electrons. The molecule has 4 heteroatoms. The lowest BCUT2D eigenvalue weighted by atomic mass is 9.92. The molecule has 0 fully saturated rings. The van der Waals surface area contributed by atoms with Gasteiger partial charge in [-0.15, -0.1) is 0 Å². The zero-order valence-electron chi connectivity index (χ0n) is 14.9. The molecule has 2 rings (SSSR count). The highest BCUT2D eigenvalue weighted by Crippen LogP contribution is 2.31. The minimum atomic E-state index is -0.906. The molecule has 0 aliphatic carbocycles. The van der Waals surface area contributed by atoms with E-state index >= 15 is 0 Å². The Labute approximate surface area is 138 Å². The Hall–Kier alpha value is -2.10. The van der Waals surface area contributed by atoms with Crippen LogP contribution in [0, 0.1) is 0 Å². The predicted octanol–water partition coefficient (Wildman–Crippen LogP) is 4.29. The van der Waals surface area contributed by atoms with E-state index in [9.17, 15) is 9.90 Å². The van der Waals surface area contributed by atoms with Crippen LogP contribution in [-0.2, 0) is 0 Å². The molecule has 0 unspecified atom stereocenters. The summed E-state index contributed by atoms with van der Waals surface area (Å²) >= 11 is 0. The number of aromatic nitrogens is 2. The van der Waals surface area contributed by atoms with Gasteiger partial charge >= 0.3 is 11.8 Å². The van der Waals surface area contributed by atoms with E-state index in [-0.39, 0.29) is 6.04 Å². The smallest absolute Gasteiger partial charge is 0.420 e. The maximum Gasteiger partial charge on any atom is 0.420 e. The molecule has 1 heterocycles. The number of para-hydroxylation sites is 1. The molecule has 0 amide bonds. The van der Waals surface area contributed by atoms with Crippen LogP contribution < -0.4 is 4.57 Å². The number of aromatic carboxylic acids is 1. The van der Waals surface area contributed by atoms with Crippen molar-refractivity contribution in [3.05, 3.63) is 47.5 Å². The van der Waals surface area contributed by atoms with Gasteiger partial charge in [-0.05, 0) is 25.7 Å². The molecule has 1 N–H and O–H groups in total. The van der Waals surface area contributed by atoms with Crippen molar-refractivity contribution in [2.45, 2.75) is 59.4 Å². The summed E-state index contributed by atoms with van der Waals surface area (Å²) in [5, 5.41) is 9.76. The van der Waals surface area contributed by atoms with Crippen molar-refractivity contribution in [3.8, 4) is 5.69 Å². The molecular formula is C19H27N2O2+. The fourth-order valence-electron chi connectivity index (χ4n) is 3.00. The maximum atomic E-state index is 11.9. The largest absolute Gasteiger partial charge is 0.472 e. The quantitative estimate of drug-likeness (QED) is 0.837. The first kappa shape index (κ1) is 17.3. The first-order chi connectivity index (χ1) is 10.8. The summed E-state index contributed by atoms with van der Waals surface area (Å²) in [5.41, 5.74) is 3.35. The van der Waals surface area contributed by atoms with Gasteiger partial charge in [-0.1, -0.05) is 45.9 Å². The maximum absolute atomic E-state index is 11.9. The number of carbonyl (C=O) groups is 1. The summed E-state index contributed by atoms with van der Waals surface area (Å²) in [6.45, 7) is 12.6. The fourth-order valence-corrected chi connectivity index (χ4v) is 3.00. The van der Waals surface area contributed by atoms with E-state index in [2.05, 4.69) is 45.9 Å². The number of benzene rings is 1. The van der Waals surface area contributed by atoms with Gasteiger partial charge in [0.2, 0.25) is 0 Å². The van der Waals surface area contributed by atoms with Crippen molar-refractivity contribution >= 4 is 5.97 Å². The van der Waals surface area contributed by atoms with Crippen molar-refractivity contribution < 1.29 is 14.5 Å². The summed E-state index contributed by atoms with van der Waals surface area (Å²) in [4.78, 5) is 11.9. The van der Waals surface area contributed by atoms with Crippen molar-refractivity contribution in [2.75, 3.05) is 0 Å². The van der Waals surface area contributed by atoms with Crippen LogP contribution in [0.5, 0.6) is 0 Å². The molecule has 0 radical (unpaired) electrons. The third kappa shape index (κ3) is 3.16. The van der Waals surface area contributed by atoms with Gasteiger partial charge in [-0.3, -0.25) is 0 Å². The van der Waals surface area contributed by atoms with Crippen LogP contribution >= 0.6 is 0 Å². The molecule has 0 aliphatic rings. The minimum Gasteiger partial charge on any atom is -0.472 e. The van der Waals surface area contributed by atoms with Gasteiger partial charge in [0.1, 0.15) is 18.1 Å². The average molecular weight is 315 g/mol. The summed E-state index contributed by atoms with van der Waals surface area (Å²) in [6, 6.07) is 6.35. The number of hydrogen-bond donors (Lipinski definition) is 1. The highest BCUT2D eigenvalue weighted by atomic mass is 16.4. The fraction of sp³-hybridized carbons (Fsp3) is 0.474. The lowest BCUT2D eigenvalue weighted by Crippen LogP contribution is -2.41. The van der Waals surface area contributed by atoms with E-state index in [1.54, 1.807) is 0 Å². The summed E-state index contributed by atoms with van der Waals surface area (Å²) in [6.07, 6.45) is 3.73. The van der Waals surface area contributed by atoms with Gasteiger partial charge in [-0.2, -0.15) is 4.57 Å². The minimum absolute atomic E-state index is 0.0936. The van der Waals surface area contributed by atoms with E-state index < -0.39 is 5.97 Å². The van der Waals surface area contributed by atoms with Gasteiger partial charge in [0.25, 0.3) is 0 Å². The molecule has 0 atom stereocenters. The summed E-state index contributed by atoms with van der Waals surface area (Å²) < 4.78 is 3.65. The molecule has 0 aliphatic heterocycles. The first-order valence-corrected chi connectivity index (χ1v) is 8.24. The second-order valence-corrected chi connectivity index (χ2v) is 6.89. The SMILES string of the molecule is CC(C)c1cccc(C(C)C)c1-n1cc[n+](C(C)C)c1C(=O)O. The van der Waals surface area contributed by atoms with Crippen molar-refractivity contribution in [1.82, 2.24) is 4.57 Å². The third-order valence-electron chi connectivity index (χ3n) is 4.18. The molecule has 1 aromatic heterocycles. The predicted molar refractivity (Wildman–Crippen MR) is 91.5 cm³/mol. The number of carboxylic acids is 1. The molecule has 0 spiro atoms. The molecule has 23 heavy (non-hydrogen) atoms. The van der Waals surface area contributed by atoms with Crippen LogP contribution in [-0.4, -0.2) is 15.6 Å². The van der Waals surface area contributed by atoms with E-state index in [4.69, 9.17) is 0 Å². The van der Waals surface area contributed by atoms with Gasteiger partial charge < -0.3 is 5.11 Å². The normalized spacial score (nSPS) is 11.7. The number of hydrogen-bond acceptors (Lipinski definition) is 1. The molecule has 2 aromatic rings. The Bertz CT molecular complexity index is 686. The average Bonchev–Trinajstić information content (AvgIpc) is 2.91. The zero-order chi connectivity index (χ0) is 17.3. The van der Waals surface area contributed by atoms with E-state index in [0.717, 1.165) is 5.69 Å². The topological polar surface area (TPSA) is 46.1 Å². The van der Waals surface area contributed by atoms with Crippen molar-refractivity contribution in [1.29, 1.82) is 0 Å². The molecule has 0 bridgehead atoms. The Morgan fingerprint density at radius 2 is 1.57 bits per heavy atom. The Balaban J connectivity index is 2.84. The first-order valence-electron chi connectivity index (χ1n) is 8.24. The van der Waals surface area contributed by atoms with Gasteiger partial charge in [0.05, 0.1) is 6.04 Å². The molecular weight excluding hydrogens is 288 g/mol. The van der Waals surface area contributed by atoms with Crippen LogP contribution in [0.2, 0.25) is 0 Å².